The fraction of sp³-hybridized carbons (Fsp3) is 0.0161. The Labute approximate surface area is 392 Å². The van der Waals surface area contributed by atoms with Crippen LogP contribution in [0.15, 0.2) is 249 Å². The minimum absolute atomic E-state index is 0.0679. The van der Waals surface area contributed by atoms with Gasteiger partial charge in [0.15, 0.2) is 0 Å². The maximum Gasteiger partial charge on any atom is 0.242 e. The molecule has 310 valence electrons. The van der Waals surface area contributed by atoms with E-state index in [0.29, 0.717) is 5.56 Å². The van der Waals surface area contributed by atoms with Gasteiger partial charge in [0.1, 0.15) is 0 Å². The van der Waals surface area contributed by atoms with Gasteiger partial charge in [0, 0.05) is 16.8 Å². The van der Waals surface area contributed by atoms with Crippen LogP contribution in [0.4, 0.5) is 34.1 Å². The van der Waals surface area contributed by atoms with Crippen LogP contribution < -0.4 is 42.6 Å². The molecule has 13 rings (SSSR count). The van der Waals surface area contributed by atoms with E-state index < -0.39 is 5.41 Å². The Kier molecular flexibility index (Phi) is 9.01. The van der Waals surface area contributed by atoms with Gasteiger partial charge in [-0.2, -0.15) is 5.26 Å². The van der Waals surface area contributed by atoms with Gasteiger partial charge < -0.3 is 9.80 Å². The maximum absolute atomic E-state index is 11.2. The molecule has 10 aromatic carbocycles. The van der Waals surface area contributed by atoms with Crippen molar-refractivity contribution in [1.29, 1.82) is 5.26 Å². The van der Waals surface area contributed by atoms with Gasteiger partial charge in [-0.3, -0.25) is 0 Å². The molecule has 0 bridgehead atoms. The lowest BCUT2D eigenvalue weighted by molar-refractivity contribution is 0.719. The minimum atomic E-state index is -0.645. The average Bonchev–Trinajstić information content (AvgIpc) is 3.40. The van der Waals surface area contributed by atoms with Crippen molar-refractivity contribution in [3.8, 4) is 17.2 Å². The number of nitrogens with zero attached hydrogens (tertiary/aromatic N) is 3. The van der Waals surface area contributed by atoms with E-state index in [9.17, 15) is 5.26 Å². The molecule has 0 saturated heterocycles. The molecule has 0 aromatic heterocycles. The number of fused-ring (bicyclic) bond motifs is 10. The first-order chi connectivity index (χ1) is 33.3. The zero-order valence-electron chi connectivity index (χ0n) is 36.7. The third-order valence-corrected chi connectivity index (χ3v) is 14.5. The summed E-state index contributed by atoms with van der Waals surface area (Å²) in [4.78, 5) is 4.91. The monoisotopic (exact) mass is 849 g/mol. The molecule has 0 unspecified atom stereocenters. The summed E-state index contributed by atoms with van der Waals surface area (Å²) in [5, 5.41) is 11.2. The third kappa shape index (κ3) is 5.67. The van der Waals surface area contributed by atoms with E-state index in [1.54, 1.807) is 0 Å². The molecule has 0 amide bonds. The Hall–Kier alpha value is -8.58. The van der Waals surface area contributed by atoms with Crippen molar-refractivity contribution in [1.82, 2.24) is 0 Å². The molecule has 0 fully saturated rings. The molecular formula is C62H41B2N3. The number of para-hydroxylation sites is 6. The van der Waals surface area contributed by atoms with Crippen LogP contribution in [0.25, 0.3) is 11.1 Å². The second-order valence-electron chi connectivity index (χ2n) is 17.8. The van der Waals surface area contributed by atoms with Crippen molar-refractivity contribution in [3.05, 3.63) is 277 Å². The van der Waals surface area contributed by atoms with Crippen LogP contribution in [0.5, 0.6) is 0 Å². The standard InChI is InChI=1S/C62H41B2N3/c65-42-43-22-21-28-47(61(43)64-54-35-14-12-33-52(54)63(44-23-3-1-4-24-44)53-34-13-15-36-55(53)64)46-27-7-16-37-56(46)67-59-40-19-10-31-50(59)62(51-32-11-20-41-60(51)67)48-29-8-17-38-57(48)66(45-25-5-2-6-26-45)58-39-18-9-30-49(58)62/h1-41H. The summed E-state index contributed by atoms with van der Waals surface area (Å²) >= 11 is 0. The smallest absolute Gasteiger partial charge is 0.242 e. The Balaban J connectivity index is 1.05. The SMILES string of the molecule is N#Cc1cccc(-c2ccccc2N2c3ccccc3C3(c4ccccc4N(c4ccccc4)c4ccccc43)c3ccccc32)c1B1c2ccccc2B(c2ccccc2)c2ccccc21. The maximum atomic E-state index is 11.2. The predicted molar refractivity (Wildman–Crippen MR) is 280 cm³/mol. The van der Waals surface area contributed by atoms with Crippen LogP contribution in [0.1, 0.15) is 27.8 Å². The molecule has 3 nitrogen and oxygen atoms in total. The molecule has 3 aliphatic rings. The highest BCUT2D eigenvalue weighted by Gasteiger charge is 2.52. The van der Waals surface area contributed by atoms with Crippen LogP contribution in [0.2, 0.25) is 0 Å². The molecule has 0 atom stereocenters. The molecule has 0 aliphatic carbocycles. The molecule has 0 radical (unpaired) electrons. The van der Waals surface area contributed by atoms with Crippen molar-refractivity contribution in [2.24, 2.45) is 0 Å². The topological polar surface area (TPSA) is 30.3 Å². The van der Waals surface area contributed by atoms with Gasteiger partial charge >= 0.3 is 0 Å². The Morgan fingerprint density at radius 3 is 1.22 bits per heavy atom. The van der Waals surface area contributed by atoms with Gasteiger partial charge in [0.05, 0.1) is 39.9 Å². The average molecular weight is 850 g/mol. The first kappa shape index (κ1) is 38.8. The molecule has 0 N–H and O–H groups in total. The van der Waals surface area contributed by atoms with Crippen LogP contribution >= 0.6 is 0 Å². The van der Waals surface area contributed by atoms with Crippen molar-refractivity contribution < 1.29 is 0 Å². The van der Waals surface area contributed by atoms with Crippen molar-refractivity contribution >= 4 is 80.3 Å². The second kappa shape index (κ2) is 15.5. The molecule has 3 aliphatic heterocycles. The van der Waals surface area contributed by atoms with Crippen LogP contribution in [-0.4, -0.2) is 13.4 Å². The lowest BCUT2D eigenvalue weighted by Gasteiger charge is -2.51. The summed E-state index contributed by atoms with van der Waals surface area (Å²) in [7, 11) is 0. The molecule has 1 spiro atoms. The Bertz CT molecular complexity index is 3450. The molecular weight excluding hydrogens is 808 g/mol. The number of hydrogen-bond donors (Lipinski definition) is 0. The van der Waals surface area contributed by atoms with Gasteiger partial charge in [-0.25, -0.2) is 0 Å². The normalized spacial score (nSPS) is 13.7. The molecule has 67 heavy (non-hydrogen) atoms. The minimum Gasteiger partial charge on any atom is -0.310 e. The van der Waals surface area contributed by atoms with Crippen molar-refractivity contribution in [2.75, 3.05) is 9.80 Å². The summed E-state index contributed by atoms with van der Waals surface area (Å²) in [5.41, 5.74) is 21.0. The number of nitriles is 1. The fourth-order valence-corrected chi connectivity index (χ4v) is 12.0. The zero-order chi connectivity index (χ0) is 44.5. The van der Waals surface area contributed by atoms with E-state index in [4.69, 9.17) is 0 Å². The summed E-state index contributed by atoms with van der Waals surface area (Å²) in [6.07, 6.45) is 0. The highest BCUT2D eigenvalue weighted by molar-refractivity contribution is 7.11. The molecule has 5 heteroatoms. The number of hydrogen-bond acceptors (Lipinski definition) is 3. The summed E-state index contributed by atoms with van der Waals surface area (Å²) in [6.45, 7) is -0.114. The van der Waals surface area contributed by atoms with Gasteiger partial charge in [-0.1, -0.05) is 228 Å². The van der Waals surface area contributed by atoms with Gasteiger partial charge in [-0.05, 0) is 81.8 Å². The van der Waals surface area contributed by atoms with Gasteiger partial charge in [0.2, 0.25) is 13.4 Å². The van der Waals surface area contributed by atoms with E-state index in [0.717, 1.165) is 50.7 Å². The van der Waals surface area contributed by atoms with Gasteiger partial charge in [-0.15, -0.1) is 0 Å². The number of anilines is 6. The largest absolute Gasteiger partial charge is 0.310 e. The lowest BCUT2D eigenvalue weighted by atomic mass is 9.20. The van der Waals surface area contributed by atoms with E-state index in [1.165, 1.54) is 49.6 Å². The zero-order valence-corrected chi connectivity index (χ0v) is 36.7. The molecule has 10 aromatic rings. The van der Waals surface area contributed by atoms with E-state index >= 15 is 0 Å². The number of rotatable bonds is 5. The highest BCUT2D eigenvalue weighted by atomic mass is 15.2. The number of benzene rings is 10. The second-order valence-corrected chi connectivity index (χ2v) is 17.8. The summed E-state index contributed by atoms with van der Waals surface area (Å²) in [6, 6.07) is 93.1. The first-order valence-electron chi connectivity index (χ1n) is 23.2. The van der Waals surface area contributed by atoms with E-state index in [1.807, 2.05) is 6.07 Å². The van der Waals surface area contributed by atoms with Crippen LogP contribution in [0.3, 0.4) is 0 Å². The van der Waals surface area contributed by atoms with Gasteiger partial charge in [0.25, 0.3) is 0 Å². The lowest BCUT2D eigenvalue weighted by Crippen LogP contribution is -2.75. The predicted octanol–water partition coefficient (Wildman–Crippen LogP) is 10.5. The fourth-order valence-electron chi connectivity index (χ4n) is 12.0. The first-order valence-corrected chi connectivity index (χ1v) is 23.2. The quantitative estimate of drug-likeness (QED) is 0.162. The van der Waals surface area contributed by atoms with Crippen LogP contribution in [0, 0.1) is 11.3 Å². The van der Waals surface area contributed by atoms with E-state index in [-0.39, 0.29) is 13.4 Å². The Morgan fingerprint density at radius 1 is 0.328 bits per heavy atom. The van der Waals surface area contributed by atoms with E-state index in [2.05, 4.69) is 259 Å². The molecule has 0 saturated carbocycles. The third-order valence-electron chi connectivity index (χ3n) is 14.5. The van der Waals surface area contributed by atoms with Crippen molar-refractivity contribution in [3.63, 3.8) is 0 Å². The van der Waals surface area contributed by atoms with Crippen LogP contribution in [-0.2, 0) is 5.41 Å². The van der Waals surface area contributed by atoms with Crippen molar-refractivity contribution in [2.45, 2.75) is 5.41 Å². The highest BCUT2D eigenvalue weighted by Crippen LogP contribution is 2.64. The summed E-state index contributed by atoms with van der Waals surface area (Å²) < 4.78 is 0. The Morgan fingerprint density at radius 2 is 0.716 bits per heavy atom. The summed E-state index contributed by atoms with van der Waals surface area (Å²) in [5.74, 6) is 0. The molecule has 3 heterocycles.